The molecule has 0 aromatic heterocycles. The van der Waals surface area contributed by atoms with Gasteiger partial charge >= 0.3 is 6.02 Å². The number of ether oxygens (including phenoxy) is 2. The molecule has 0 spiro atoms. The van der Waals surface area contributed by atoms with Crippen molar-refractivity contribution in [3.63, 3.8) is 0 Å². The fraction of sp³-hybridized carbons (Fsp3) is 0.630. The third-order valence-corrected chi connectivity index (χ3v) is 7.28. The smallest absolute Gasteiger partial charge is 0.300 e. The number of rotatable bonds is 7. The van der Waals surface area contributed by atoms with Gasteiger partial charge in [0.1, 0.15) is 5.75 Å². The Balaban J connectivity index is 1.64. The lowest BCUT2D eigenvalue weighted by molar-refractivity contribution is -0.124. The molecule has 3 aliphatic rings. The first-order valence-electron chi connectivity index (χ1n) is 12.9. The predicted molar refractivity (Wildman–Crippen MR) is 134 cm³/mol. The molecule has 1 aromatic rings. The first kappa shape index (κ1) is 23.7. The summed E-state index contributed by atoms with van der Waals surface area (Å²) in [5, 5.41) is 0. The Morgan fingerprint density at radius 1 is 1.06 bits per heavy atom. The van der Waals surface area contributed by atoms with Crippen LogP contribution in [0, 0.1) is 0 Å². The Hall–Kier alpha value is -2.50. The molecule has 2 saturated carbocycles. The maximum atomic E-state index is 13.5. The van der Waals surface area contributed by atoms with Gasteiger partial charge in [0.25, 0.3) is 5.91 Å². The van der Waals surface area contributed by atoms with E-state index in [9.17, 15) is 4.79 Å². The van der Waals surface area contributed by atoms with Gasteiger partial charge in [-0.1, -0.05) is 38.5 Å². The maximum Gasteiger partial charge on any atom is 0.300 e. The minimum absolute atomic E-state index is 0.0636. The average molecular weight is 454 g/mol. The summed E-state index contributed by atoms with van der Waals surface area (Å²) in [5.74, 6) is 1.03. The molecule has 2 aliphatic carbocycles. The summed E-state index contributed by atoms with van der Waals surface area (Å²) in [6.07, 6.45) is 13.3. The fourth-order valence-corrected chi connectivity index (χ4v) is 5.35. The number of carbonyl (C=O) groups excluding carboxylic acids is 1. The standard InChI is InChI=1S/C27H39N3O3/c1-4-29(5-2)23-17-16-20(24(19-23)32-3)18-25-26(31)30(22-14-10-7-11-15-22)27(33-25)28-21-12-8-6-9-13-21/h16-19,21-22H,4-15H2,1-3H3/b25-18-,28-27?. The zero-order valence-electron chi connectivity index (χ0n) is 20.5. The molecule has 6 heteroatoms. The minimum atomic E-state index is -0.0636. The number of hydrogen-bond donors (Lipinski definition) is 0. The third kappa shape index (κ3) is 5.36. The molecule has 0 radical (unpaired) electrons. The monoisotopic (exact) mass is 453 g/mol. The fourth-order valence-electron chi connectivity index (χ4n) is 5.35. The average Bonchev–Trinajstić information content (AvgIpc) is 3.16. The lowest BCUT2D eigenvalue weighted by Crippen LogP contribution is -2.41. The van der Waals surface area contributed by atoms with Crippen molar-refractivity contribution in [1.82, 2.24) is 4.90 Å². The van der Waals surface area contributed by atoms with Crippen LogP contribution in [0.25, 0.3) is 6.08 Å². The van der Waals surface area contributed by atoms with Crippen LogP contribution >= 0.6 is 0 Å². The lowest BCUT2D eigenvalue weighted by Gasteiger charge is -2.29. The molecule has 0 unspecified atom stereocenters. The summed E-state index contributed by atoms with van der Waals surface area (Å²) in [7, 11) is 1.67. The Labute approximate surface area is 198 Å². The van der Waals surface area contributed by atoms with Crippen molar-refractivity contribution in [2.24, 2.45) is 4.99 Å². The number of amidine groups is 1. The van der Waals surface area contributed by atoms with Crippen LogP contribution < -0.4 is 9.64 Å². The zero-order valence-corrected chi connectivity index (χ0v) is 20.5. The summed E-state index contributed by atoms with van der Waals surface area (Å²) in [6, 6.07) is 7.09. The van der Waals surface area contributed by atoms with Crippen molar-refractivity contribution in [3.8, 4) is 5.75 Å². The molecule has 1 aromatic carbocycles. The van der Waals surface area contributed by atoms with E-state index in [1.165, 1.54) is 25.7 Å². The van der Waals surface area contributed by atoms with Crippen LogP contribution in [0.3, 0.4) is 0 Å². The Kier molecular flexibility index (Phi) is 7.94. The van der Waals surface area contributed by atoms with Gasteiger partial charge in [0.15, 0.2) is 5.76 Å². The largest absolute Gasteiger partial charge is 0.496 e. The van der Waals surface area contributed by atoms with Gasteiger partial charge in [-0.3, -0.25) is 9.69 Å². The van der Waals surface area contributed by atoms with Gasteiger partial charge in [0.2, 0.25) is 0 Å². The van der Waals surface area contributed by atoms with E-state index >= 15 is 0 Å². The van der Waals surface area contributed by atoms with Gasteiger partial charge < -0.3 is 14.4 Å². The van der Waals surface area contributed by atoms with Gasteiger partial charge in [-0.15, -0.1) is 0 Å². The van der Waals surface area contributed by atoms with Gasteiger partial charge in [-0.25, -0.2) is 4.99 Å². The summed E-state index contributed by atoms with van der Waals surface area (Å²) < 4.78 is 11.9. The highest BCUT2D eigenvalue weighted by Crippen LogP contribution is 2.33. The van der Waals surface area contributed by atoms with E-state index in [2.05, 4.69) is 24.8 Å². The molecular formula is C27H39N3O3. The number of nitrogens with zero attached hydrogens (tertiary/aromatic N) is 3. The van der Waals surface area contributed by atoms with Crippen LogP contribution in [0.15, 0.2) is 29.0 Å². The topological polar surface area (TPSA) is 54.4 Å². The van der Waals surface area contributed by atoms with Gasteiger partial charge in [0.05, 0.1) is 13.2 Å². The molecule has 33 heavy (non-hydrogen) atoms. The molecule has 1 heterocycles. The van der Waals surface area contributed by atoms with E-state index < -0.39 is 0 Å². The van der Waals surface area contributed by atoms with Crippen LogP contribution in [-0.4, -0.2) is 49.1 Å². The molecule has 0 atom stereocenters. The Morgan fingerprint density at radius 2 is 1.73 bits per heavy atom. The van der Waals surface area contributed by atoms with E-state index in [-0.39, 0.29) is 18.0 Å². The van der Waals surface area contributed by atoms with Gasteiger partial charge in [0, 0.05) is 36.4 Å². The van der Waals surface area contributed by atoms with Crippen LogP contribution in [0.4, 0.5) is 5.69 Å². The normalized spacial score (nSPS) is 22.8. The molecule has 4 rings (SSSR count). The highest BCUT2D eigenvalue weighted by Gasteiger charge is 2.40. The summed E-state index contributed by atoms with van der Waals surface area (Å²) in [4.78, 5) is 22.6. The van der Waals surface area contributed by atoms with Crippen molar-refractivity contribution in [3.05, 3.63) is 29.5 Å². The number of amides is 1. The number of aliphatic imine (C=N–C) groups is 1. The number of methoxy groups -OCH3 is 1. The summed E-state index contributed by atoms with van der Waals surface area (Å²) >= 11 is 0. The predicted octanol–water partition coefficient (Wildman–Crippen LogP) is 5.76. The molecule has 0 bridgehead atoms. The second-order valence-corrected chi connectivity index (χ2v) is 9.38. The van der Waals surface area contributed by atoms with E-state index in [0.717, 1.165) is 68.6 Å². The molecule has 3 fully saturated rings. The number of carbonyl (C=O) groups is 1. The third-order valence-electron chi connectivity index (χ3n) is 7.28. The molecule has 180 valence electrons. The van der Waals surface area contributed by atoms with Crippen LogP contribution in [0.5, 0.6) is 5.75 Å². The summed E-state index contributed by atoms with van der Waals surface area (Å²) in [6.45, 7) is 6.14. The molecular weight excluding hydrogens is 414 g/mol. The van der Waals surface area contributed by atoms with Crippen LogP contribution in [-0.2, 0) is 9.53 Å². The molecule has 1 amide bonds. The molecule has 1 aliphatic heterocycles. The highest BCUT2D eigenvalue weighted by molar-refractivity contribution is 6.11. The second kappa shape index (κ2) is 11.1. The zero-order chi connectivity index (χ0) is 23.2. The van der Waals surface area contributed by atoms with Crippen molar-refractivity contribution < 1.29 is 14.3 Å². The van der Waals surface area contributed by atoms with E-state index in [1.807, 2.05) is 23.1 Å². The van der Waals surface area contributed by atoms with Crippen LogP contribution in [0.2, 0.25) is 0 Å². The number of hydrogen-bond acceptors (Lipinski definition) is 5. The molecule has 6 nitrogen and oxygen atoms in total. The van der Waals surface area contributed by atoms with Gasteiger partial charge in [-0.05, 0) is 57.7 Å². The minimum Gasteiger partial charge on any atom is -0.496 e. The van der Waals surface area contributed by atoms with Crippen molar-refractivity contribution in [2.75, 3.05) is 25.1 Å². The lowest BCUT2D eigenvalue weighted by atomic mass is 9.94. The second-order valence-electron chi connectivity index (χ2n) is 9.38. The number of anilines is 1. The van der Waals surface area contributed by atoms with Crippen molar-refractivity contribution in [1.29, 1.82) is 0 Å². The molecule has 1 saturated heterocycles. The first-order chi connectivity index (χ1) is 16.1. The highest BCUT2D eigenvalue weighted by atomic mass is 16.5. The Morgan fingerprint density at radius 3 is 2.36 bits per heavy atom. The van der Waals surface area contributed by atoms with E-state index in [4.69, 9.17) is 14.5 Å². The molecule has 0 N–H and O–H groups in total. The quantitative estimate of drug-likeness (QED) is 0.492. The van der Waals surface area contributed by atoms with Gasteiger partial charge in [-0.2, -0.15) is 0 Å². The van der Waals surface area contributed by atoms with E-state index in [1.54, 1.807) is 7.11 Å². The Bertz CT molecular complexity index is 879. The first-order valence-corrected chi connectivity index (χ1v) is 12.9. The van der Waals surface area contributed by atoms with Crippen LogP contribution in [0.1, 0.15) is 83.6 Å². The van der Waals surface area contributed by atoms with Crippen molar-refractivity contribution in [2.45, 2.75) is 90.1 Å². The SMILES string of the molecule is CCN(CC)c1ccc(/C=C2\OC(=NC3CCCCC3)N(C3CCCCC3)C2=O)c(OC)c1. The summed E-state index contributed by atoms with van der Waals surface area (Å²) in [5.41, 5.74) is 1.96. The number of benzene rings is 1. The van der Waals surface area contributed by atoms with E-state index in [0.29, 0.717) is 11.8 Å². The van der Waals surface area contributed by atoms with Crippen molar-refractivity contribution >= 4 is 23.7 Å². The maximum absolute atomic E-state index is 13.5.